The van der Waals surface area contributed by atoms with Gasteiger partial charge >= 0.3 is 5.51 Å². The maximum atomic E-state index is 12.7. The van der Waals surface area contributed by atoms with Crippen molar-refractivity contribution in [2.24, 2.45) is 0 Å². The largest absolute Gasteiger partial charge is 0.485 e. The van der Waals surface area contributed by atoms with Crippen LogP contribution < -0.4 is 4.74 Å². The van der Waals surface area contributed by atoms with Crippen molar-refractivity contribution < 1.29 is 26.5 Å². The first kappa shape index (κ1) is 20.1. The smallest absolute Gasteiger partial charge is 0.477 e. The van der Waals surface area contributed by atoms with Crippen molar-refractivity contribution in [1.29, 1.82) is 0 Å². The van der Waals surface area contributed by atoms with Crippen LogP contribution in [0.5, 0.6) is 5.75 Å². The minimum Gasteiger partial charge on any atom is -0.485 e. The molecular weight excluding hydrogens is 429 g/mol. The second-order valence-electron chi connectivity index (χ2n) is 6.86. The lowest BCUT2D eigenvalue weighted by atomic mass is 10.1. The van der Waals surface area contributed by atoms with Crippen LogP contribution >= 0.6 is 11.8 Å². The van der Waals surface area contributed by atoms with Gasteiger partial charge in [-0.15, -0.1) is 22.0 Å². The summed E-state index contributed by atoms with van der Waals surface area (Å²) in [7, 11) is -3.30. The molecule has 0 saturated heterocycles. The van der Waals surface area contributed by atoms with Crippen LogP contribution in [0, 0.1) is 0 Å². The number of hydrogen-bond donors (Lipinski definition) is 0. The molecule has 0 bridgehead atoms. The molecule has 1 aliphatic heterocycles. The number of aromatic nitrogens is 4. The molecule has 0 spiro atoms. The minimum absolute atomic E-state index is 0.0222. The van der Waals surface area contributed by atoms with Crippen molar-refractivity contribution in [1.82, 2.24) is 20.2 Å². The average molecular weight is 444 g/mol. The summed E-state index contributed by atoms with van der Waals surface area (Å²) in [6.45, 7) is 5.89. The molecule has 154 valence electrons. The Kier molecular flexibility index (Phi) is 4.80. The Morgan fingerprint density at radius 1 is 1.24 bits per heavy atom. The van der Waals surface area contributed by atoms with E-state index in [0.29, 0.717) is 17.9 Å². The Morgan fingerprint density at radius 2 is 2.00 bits per heavy atom. The first-order valence-corrected chi connectivity index (χ1v) is 10.7. The average Bonchev–Trinajstić information content (AvgIpc) is 3.17. The van der Waals surface area contributed by atoms with Gasteiger partial charge in [0.1, 0.15) is 22.6 Å². The van der Waals surface area contributed by atoms with Gasteiger partial charge in [0.05, 0.1) is 5.69 Å². The fourth-order valence-electron chi connectivity index (χ4n) is 2.93. The van der Waals surface area contributed by atoms with Gasteiger partial charge in [-0.2, -0.15) is 13.2 Å². The van der Waals surface area contributed by atoms with Gasteiger partial charge in [-0.05, 0) is 25.7 Å². The number of hydrogen-bond acceptors (Lipinski definition) is 8. The first-order chi connectivity index (χ1) is 13.6. The number of oxazole rings is 1. The van der Waals surface area contributed by atoms with E-state index >= 15 is 0 Å². The van der Waals surface area contributed by atoms with Crippen molar-refractivity contribution in [3.63, 3.8) is 0 Å². The second kappa shape index (κ2) is 6.94. The molecule has 4 heterocycles. The van der Waals surface area contributed by atoms with E-state index in [1.54, 1.807) is 0 Å². The quantitative estimate of drug-likeness (QED) is 0.555. The lowest BCUT2D eigenvalue weighted by Crippen LogP contribution is -2.24. The Morgan fingerprint density at radius 3 is 2.69 bits per heavy atom. The van der Waals surface area contributed by atoms with Crippen LogP contribution in [0.4, 0.5) is 13.2 Å². The number of alkyl halides is 3. The normalized spacial score (nSPS) is 16.6. The lowest BCUT2D eigenvalue weighted by molar-refractivity contribution is -0.0386. The third-order valence-electron chi connectivity index (χ3n) is 4.04. The number of pyridine rings is 1. The highest BCUT2D eigenvalue weighted by molar-refractivity contribution is 7.99. The molecule has 1 unspecified atom stereocenters. The summed E-state index contributed by atoms with van der Waals surface area (Å²) in [6, 6.07) is 2.83. The Hall–Kier alpha value is -2.21. The molecule has 1 atom stereocenters. The molecule has 4 rings (SSSR count). The monoisotopic (exact) mass is 444 g/mol. The highest BCUT2D eigenvalue weighted by Gasteiger charge is 2.39. The fraction of sp³-hybridized carbons (Fsp3) is 0.412. The van der Waals surface area contributed by atoms with Gasteiger partial charge in [0.15, 0.2) is 15.8 Å². The third kappa shape index (κ3) is 3.82. The van der Waals surface area contributed by atoms with Gasteiger partial charge in [0, 0.05) is 17.4 Å². The minimum atomic E-state index is -4.94. The van der Waals surface area contributed by atoms with E-state index in [2.05, 4.69) is 20.2 Å². The summed E-state index contributed by atoms with van der Waals surface area (Å²) >= 11 is 1.51. The Balaban J connectivity index is 1.79. The molecule has 0 saturated carbocycles. The summed E-state index contributed by atoms with van der Waals surface area (Å²) in [4.78, 5) is 9.63. The van der Waals surface area contributed by atoms with Gasteiger partial charge in [0.25, 0.3) is 5.71 Å². The molecule has 0 radical (unpaired) electrons. The van der Waals surface area contributed by atoms with Crippen LogP contribution in [0.25, 0.3) is 22.8 Å². The number of thioether (sulfide) groups is 1. The number of nitrogens with zero attached hydrogens (tertiary/aromatic N) is 4. The lowest BCUT2D eigenvalue weighted by Gasteiger charge is -2.16. The van der Waals surface area contributed by atoms with Crippen molar-refractivity contribution >= 4 is 33.8 Å². The highest BCUT2D eigenvalue weighted by Crippen LogP contribution is 2.40. The predicted octanol–water partition coefficient (Wildman–Crippen LogP) is 4.13. The summed E-state index contributed by atoms with van der Waals surface area (Å²) in [5.41, 5.74) is -4.16. The van der Waals surface area contributed by atoms with Crippen LogP contribution in [0.3, 0.4) is 0 Å². The van der Waals surface area contributed by atoms with Crippen LogP contribution in [0.15, 0.2) is 26.5 Å². The summed E-state index contributed by atoms with van der Waals surface area (Å²) in [5.74, 6) is 1.55. The van der Waals surface area contributed by atoms with Gasteiger partial charge in [-0.1, -0.05) is 6.92 Å². The number of rotatable bonds is 4. The first-order valence-electron chi connectivity index (χ1n) is 8.56. The standard InChI is InChI=1S/C17H15F3N4O3S2/c1-4-28-11-6-10-9(7-16(2,3)27-10)21-13(11)15-22-8-5-12(23-24-14(8)26-15)29(25)17(18,19)20/h5-6H,4,7H2,1-3H3. The molecule has 0 aromatic carbocycles. The molecule has 0 fully saturated rings. The van der Waals surface area contributed by atoms with E-state index in [1.165, 1.54) is 11.8 Å². The topological polar surface area (TPSA) is 91.0 Å². The van der Waals surface area contributed by atoms with Crippen LogP contribution in [-0.4, -0.2) is 41.2 Å². The fourth-order valence-corrected chi connectivity index (χ4v) is 4.27. The van der Waals surface area contributed by atoms with E-state index in [1.807, 2.05) is 26.8 Å². The van der Waals surface area contributed by atoms with E-state index in [-0.39, 0.29) is 22.7 Å². The Labute approximate surface area is 169 Å². The number of ether oxygens (including phenoxy) is 1. The molecule has 3 aromatic heterocycles. The van der Waals surface area contributed by atoms with Crippen LogP contribution in [-0.2, 0) is 17.2 Å². The molecular formula is C17H15F3N4O3S2. The van der Waals surface area contributed by atoms with Crippen molar-refractivity contribution in [3.8, 4) is 17.3 Å². The molecule has 1 aliphatic rings. The molecule has 12 heteroatoms. The maximum Gasteiger partial charge on any atom is 0.477 e. The Bertz CT molecular complexity index is 1130. The molecule has 0 amide bonds. The maximum absolute atomic E-state index is 12.7. The van der Waals surface area contributed by atoms with E-state index < -0.39 is 21.3 Å². The van der Waals surface area contributed by atoms with Crippen molar-refractivity contribution in [2.45, 2.75) is 48.2 Å². The van der Waals surface area contributed by atoms with E-state index in [9.17, 15) is 17.4 Å². The van der Waals surface area contributed by atoms with E-state index in [4.69, 9.17) is 9.15 Å². The zero-order valence-electron chi connectivity index (χ0n) is 15.5. The van der Waals surface area contributed by atoms with Crippen molar-refractivity contribution in [3.05, 3.63) is 17.8 Å². The van der Waals surface area contributed by atoms with Gasteiger partial charge in [-0.25, -0.2) is 14.2 Å². The van der Waals surface area contributed by atoms with Gasteiger partial charge in [-0.3, -0.25) is 0 Å². The SMILES string of the molecule is CCSc1cc2c(nc1-c1nc3cc(S(=O)C(F)(F)F)nnc3o1)CC(C)(C)O2. The second-order valence-corrected chi connectivity index (χ2v) is 9.58. The summed E-state index contributed by atoms with van der Waals surface area (Å²) in [5, 5.41) is 6.24. The zero-order valence-corrected chi connectivity index (χ0v) is 17.2. The van der Waals surface area contributed by atoms with Crippen LogP contribution in [0.1, 0.15) is 26.5 Å². The molecule has 0 N–H and O–H groups in total. The van der Waals surface area contributed by atoms with E-state index in [0.717, 1.165) is 22.4 Å². The summed E-state index contributed by atoms with van der Waals surface area (Å²) in [6.07, 6.45) is 0.598. The van der Waals surface area contributed by atoms with Crippen molar-refractivity contribution in [2.75, 3.05) is 5.75 Å². The molecule has 3 aromatic rings. The molecule has 0 aliphatic carbocycles. The number of fused-ring (bicyclic) bond motifs is 2. The highest BCUT2D eigenvalue weighted by atomic mass is 32.2. The summed E-state index contributed by atoms with van der Waals surface area (Å²) < 4.78 is 61.1. The third-order valence-corrected chi connectivity index (χ3v) is 5.95. The molecule has 7 nitrogen and oxygen atoms in total. The van der Waals surface area contributed by atoms with Crippen LogP contribution in [0.2, 0.25) is 0 Å². The predicted molar refractivity (Wildman–Crippen MR) is 100 cm³/mol. The van der Waals surface area contributed by atoms with Gasteiger partial charge in [0.2, 0.25) is 5.89 Å². The number of halogens is 3. The zero-order chi connectivity index (χ0) is 21.0. The molecule has 29 heavy (non-hydrogen) atoms. The van der Waals surface area contributed by atoms with Gasteiger partial charge < -0.3 is 9.15 Å².